The number of rotatable bonds is 2. The topological polar surface area (TPSA) is 116 Å². The van der Waals surface area contributed by atoms with Gasteiger partial charge in [-0.25, -0.2) is 15.0 Å². The van der Waals surface area contributed by atoms with Crippen LogP contribution in [0.2, 0.25) is 0 Å². The molecule has 1 saturated heterocycles. The Balaban J connectivity index is 1.23. The van der Waals surface area contributed by atoms with Crippen molar-refractivity contribution in [3.05, 3.63) is 66.1 Å². The first-order chi connectivity index (χ1) is 18.7. The molecule has 2 N–H and O–H groups in total. The average Bonchev–Trinajstić information content (AvgIpc) is 3.64. The van der Waals surface area contributed by atoms with Crippen LogP contribution in [0.25, 0.3) is 27.7 Å². The van der Waals surface area contributed by atoms with Crippen LogP contribution in [0.1, 0.15) is 40.6 Å². The van der Waals surface area contributed by atoms with Crippen molar-refractivity contribution >= 4 is 28.3 Å². The van der Waals surface area contributed by atoms with Gasteiger partial charge < -0.3 is 15.4 Å². The molecule has 0 unspecified atom stereocenters. The van der Waals surface area contributed by atoms with Crippen LogP contribution in [0, 0.1) is 6.92 Å². The summed E-state index contributed by atoms with van der Waals surface area (Å²) in [6, 6.07) is 6.59. The minimum Gasteiger partial charge on any atom is -0.488 e. The first-order valence-electron chi connectivity index (χ1n) is 12.3. The molecule has 198 valence electrons. The maximum Gasteiger partial charge on any atom is 0.504 e. The quantitative estimate of drug-likeness (QED) is 0.360. The van der Waals surface area contributed by atoms with E-state index in [1.165, 1.54) is 12.4 Å². The fraction of sp³-hybridized carbons (Fsp3) is 0.269. The number of piperidine rings is 1. The van der Waals surface area contributed by atoms with E-state index in [0.717, 1.165) is 30.3 Å². The second-order valence-corrected chi connectivity index (χ2v) is 9.74. The number of likely N-dealkylation sites (tertiary alicyclic amines) is 1. The molecule has 0 bridgehead atoms. The maximum atomic E-state index is 13.8. The Morgan fingerprint density at radius 2 is 2.00 bits per heavy atom. The molecule has 0 aliphatic carbocycles. The third kappa shape index (κ3) is 3.60. The van der Waals surface area contributed by atoms with E-state index in [0.29, 0.717) is 45.8 Å². The highest BCUT2D eigenvalue weighted by atomic mass is 19.4. The second kappa shape index (κ2) is 8.16. The van der Waals surface area contributed by atoms with Gasteiger partial charge in [-0.15, -0.1) is 13.2 Å². The first-order valence-corrected chi connectivity index (χ1v) is 12.3. The van der Waals surface area contributed by atoms with Gasteiger partial charge in [0.2, 0.25) is 0 Å². The Labute approximate surface area is 218 Å². The first kappa shape index (κ1) is 23.4. The molecule has 7 rings (SSSR count). The number of fused-ring (bicyclic) bond motifs is 6. The number of amides is 1. The van der Waals surface area contributed by atoms with Crippen molar-refractivity contribution in [3.63, 3.8) is 0 Å². The van der Waals surface area contributed by atoms with Crippen LogP contribution in [0.15, 0.2) is 49.2 Å². The van der Waals surface area contributed by atoms with Gasteiger partial charge in [-0.3, -0.25) is 9.20 Å². The minimum absolute atomic E-state index is 0.0319. The van der Waals surface area contributed by atoms with Crippen LogP contribution < -0.4 is 10.5 Å². The minimum atomic E-state index is -4.59. The van der Waals surface area contributed by atoms with Gasteiger partial charge in [0.1, 0.15) is 34.9 Å². The molecule has 1 amide bonds. The zero-order chi connectivity index (χ0) is 27.1. The van der Waals surface area contributed by atoms with Gasteiger partial charge in [0.15, 0.2) is 5.82 Å². The number of nitrogen functional groups attached to an aromatic ring is 1. The van der Waals surface area contributed by atoms with Crippen LogP contribution in [0.4, 0.5) is 19.0 Å². The molecule has 10 nitrogen and oxygen atoms in total. The Bertz CT molecular complexity index is 1790. The summed E-state index contributed by atoms with van der Waals surface area (Å²) in [6.45, 7) is 2.36. The van der Waals surface area contributed by atoms with E-state index in [4.69, 9.17) is 10.5 Å². The number of ether oxygens (including phenoxy) is 1. The van der Waals surface area contributed by atoms with Crippen molar-refractivity contribution in [2.75, 3.05) is 12.3 Å². The summed E-state index contributed by atoms with van der Waals surface area (Å²) in [5.41, 5.74) is 10.7. The summed E-state index contributed by atoms with van der Waals surface area (Å²) < 4.78 is 47.0. The molecule has 0 saturated carbocycles. The van der Waals surface area contributed by atoms with Gasteiger partial charge in [-0.2, -0.15) is 9.78 Å². The number of benzene rings is 1. The summed E-state index contributed by atoms with van der Waals surface area (Å²) in [4.78, 5) is 28.7. The summed E-state index contributed by atoms with van der Waals surface area (Å²) in [5.74, 6) is 0.631. The van der Waals surface area contributed by atoms with Crippen molar-refractivity contribution in [1.82, 2.24) is 34.0 Å². The number of alkyl halides is 3. The van der Waals surface area contributed by atoms with E-state index in [-0.39, 0.29) is 28.4 Å². The van der Waals surface area contributed by atoms with Crippen LogP contribution in [0.3, 0.4) is 0 Å². The Kier molecular flexibility index (Phi) is 4.90. The monoisotopic (exact) mass is 534 g/mol. The molecule has 4 aromatic heterocycles. The lowest BCUT2D eigenvalue weighted by Gasteiger charge is -2.36. The molecular formula is C26H21F3N8O2. The summed E-state index contributed by atoms with van der Waals surface area (Å²) >= 11 is 0. The number of aromatic nitrogens is 6. The smallest absolute Gasteiger partial charge is 0.488 e. The van der Waals surface area contributed by atoms with Crippen LogP contribution in [-0.4, -0.2) is 52.6 Å². The molecular weight excluding hydrogens is 513 g/mol. The third-order valence-electron chi connectivity index (χ3n) is 7.40. The van der Waals surface area contributed by atoms with E-state index in [1.54, 1.807) is 33.8 Å². The number of nitrogens with zero attached hydrogens (tertiary/aromatic N) is 7. The molecule has 39 heavy (non-hydrogen) atoms. The number of pyridine rings is 1. The maximum absolute atomic E-state index is 13.8. The standard InChI is InChI=1S/C26H21F3N8O2/c1-13-22-24(30)34-18-10-31-17(8-19(18)36(22)12-32-13)25(38)35-6-2-3-20-23(35)16-5-4-14(7-21(16)39-20)15-9-33-37(11-15)26(27,28)29/h4-5,7-12,20,23H,2-3,6H2,1H3,(H2,30,34)/t20-,23-/m0/s1. The fourth-order valence-corrected chi connectivity index (χ4v) is 5.61. The van der Waals surface area contributed by atoms with Crippen molar-refractivity contribution in [3.8, 4) is 16.9 Å². The molecule has 0 radical (unpaired) electrons. The number of carbonyl (C=O) groups is 1. The van der Waals surface area contributed by atoms with E-state index >= 15 is 0 Å². The van der Waals surface area contributed by atoms with Crippen LogP contribution in [-0.2, 0) is 6.30 Å². The Morgan fingerprint density at radius 3 is 2.79 bits per heavy atom. The molecule has 5 aromatic rings. The number of aryl methyl sites for hydroxylation is 1. The highest BCUT2D eigenvalue weighted by molar-refractivity contribution is 5.96. The van der Waals surface area contributed by atoms with E-state index in [9.17, 15) is 18.0 Å². The molecule has 2 atom stereocenters. The highest BCUT2D eigenvalue weighted by Gasteiger charge is 2.43. The zero-order valence-electron chi connectivity index (χ0n) is 20.6. The fourth-order valence-electron chi connectivity index (χ4n) is 5.61. The summed E-state index contributed by atoms with van der Waals surface area (Å²) in [7, 11) is 0. The van der Waals surface area contributed by atoms with Gasteiger partial charge in [-0.1, -0.05) is 12.1 Å². The summed E-state index contributed by atoms with van der Waals surface area (Å²) in [6.07, 6.45) is 1.90. The molecule has 13 heteroatoms. The molecule has 2 aliphatic heterocycles. The van der Waals surface area contributed by atoms with Gasteiger partial charge in [-0.05, 0) is 37.5 Å². The van der Waals surface area contributed by atoms with Gasteiger partial charge in [0.05, 0.1) is 29.6 Å². The second-order valence-electron chi connectivity index (χ2n) is 9.74. The van der Waals surface area contributed by atoms with Crippen molar-refractivity contribution < 1.29 is 22.7 Å². The summed E-state index contributed by atoms with van der Waals surface area (Å²) in [5, 5.41) is 3.42. The molecule has 2 aliphatic rings. The van der Waals surface area contributed by atoms with E-state index < -0.39 is 6.30 Å². The zero-order valence-corrected chi connectivity index (χ0v) is 20.6. The number of hydrogen-bond donors (Lipinski definition) is 1. The van der Waals surface area contributed by atoms with Crippen LogP contribution >= 0.6 is 0 Å². The SMILES string of the molecule is Cc1ncn2c1c(N)nc1cnc(C(=O)N3CCC[C@@H]4Oc5cc(-c6cnn(C(F)(F)F)c6)ccc5[C@@H]43)cc12. The molecule has 1 fully saturated rings. The Morgan fingerprint density at radius 1 is 1.15 bits per heavy atom. The Hall–Kier alpha value is -4.68. The normalized spacial score (nSPS) is 18.8. The number of carbonyl (C=O) groups excluding carboxylic acids is 1. The van der Waals surface area contributed by atoms with E-state index in [2.05, 4.69) is 20.1 Å². The predicted octanol–water partition coefficient (Wildman–Crippen LogP) is 4.25. The molecule has 6 heterocycles. The lowest BCUT2D eigenvalue weighted by Crippen LogP contribution is -2.44. The predicted molar refractivity (Wildman–Crippen MR) is 134 cm³/mol. The number of imidazole rings is 1. The average molecular weight is 535 g/mol. The lowest BCUT2D eigenvalue weighted by molar-refractivity contribution is -0.212. The molecule has 1 aromatic carbocycles. The number of nitrogens with two attached hydrogens (primary N) is 1. The number of halogens is 3. The number of anilines is 1. The van der Waals surface area contributed by atoms with Gasteiger partial charge in [0.25, 0.3) is 5.91 Å². The van der Waals surface area contributed by atoms with Gasteiger partial charge >= 0.3 is 6.30 Å². The van der Waals surface area contributed by atoms with E-state index in [1.807, 2.05) is 13.0 Å². The third-order valence-corrected chi connectivity index (χ3v) is 7.40. The van der Waals surface area contributed by atoms with Crippen molar-refractivity contribution in [2.45, 2.75) is 38.2 Å². The molecule has 0 spiro atoms. The van der Waals surface area contributed by atoms with Crippen LogP contribution in [0.5, 0.6) is 5.75 Å². The largest absolute Gasteiger partial charge is 0.504 e. The highest BCUT2D eigenvalue weighted by Crippen LogP contribution is 2.46. The number of hydrogen-bond acceptors (Lipinski definition) is 7. The van der Waals surface area contributed by atoms with Crippen molar-refractivity contribution in [2.24, 2.45) is 0 Å². The van der Waals surface area contributed by atoms with Gasteiger partial charge in [0, 0.05) is 23.9 Å². The van der Waals surface area contributed by atoms with Crippen molar-refractivity contribution in [1.29, 1.82) is 0 Å². The lowest BCUT2D eigenvalue weighted by atomic mass is 9.93.